The lowest BCUT2D eigenvalue weighted by molar-refractivity contribution is 0.0468. The first-order valence-corrected chi connectivity index (χ1v) is 10.1. The van der Waals surface area contributed by atoms with Crippen molar-refractivity contribution in [1.82, 2.24) is 15.1 Å². The summed E-state index contributed by atoms with van der Waals surface area (Å²) in [6.07, 6.45) is -2.21. The van der Waals surface area contributed by atoms with E-state index in [-0.39, 0.29) is 38.0 Å². The molecule has 0 spiro atoms. The van der Waals surface area contributed by atoms with E-state index in [0.717, 1.165) is 9.80 Å². The summed E-state index contributed by atoms with van der Waals surface area (Å²) in [6, 6.07) is 6.60. The van der Waals surface area contributed by atoms with Crippen LogP contribution in [0.1, 0.15) is 54.3 Å². The molecule has 2 rings (SSSR count). The number of carbonyl (C=O) groups excluding carboxylic acids is 3. The maximum absolute atomic E-state index is 12.3. The molecule has 0 radical (unpaired) electrons. The normalized spacial score (nSPS) is 14.3. The number of hydrogen-bond acceptors (Lipinski definition) is 6. The number of rotatable bonds is 9. The van der Waals surface area contributed by atoms with Crippen LogP contribution in [-0.4, -0.2) is 81.9 Å². The number of imide groups is 1. The van der Waals surface area contributed by atoms with Crippen LogP contribution in [0.3, 0.4) is 0 Å². The lowest BCUT2D eigenvalue weighted by Gasteiger charge is -2.24. The predicted octanol–water partition coefficient (Wildman–Crippen LogP) is 1.93. The minimum absolute atomic E-state index is 0.113. The van der Waals surface area contributed by atoms with Crippen LogP contribution in [-0.2, 0) is 4.74 Å². The Morgan fingerprint density at radius 3 is 2.23 bits per heavy atom. The summed E-state index contributed by atoms with van der Waals surface area (Å²) in [7, 11) is 0. The second kappa shape index (κ2) is 10.3. The molecule has 1 aromatic rings. The third-order valence-corrected chi connectivity index (χ3v) is 4.52. The number of aliphatic hydroxyl groups excluding tert-OH is 1. The van der Waals surface area contributed by atoms with Gasteiger partial charge in [-0.3, -0.25) is 14.5 Å². The van der Waals surface area contributed by atoms with Gasteiger partial charge in [0.1, 0.15) is 5.60 Å². The fourth-order valence-corrected chi connectivity index (χ4v) is 3.11. The number of ether oxygens (including phenoxy) is 1. The molecule has 1 aromatic carbocycles. The maximum atomic E-state index is 12.3. The third-order valence-electron chi connectivity index (χ3n) is 4.52. The van der Waals surface area contributed by atoms with Gasteiger partial charge in [0.2, 0.25) is 0 Å². The Hall–Kier alpha value is -3.14. The number of nitrogens with zero attached hydrogens (tertiary/aromatic N) is 2. The summed E-state index contributed by atoms with van der Waals surface area (Å²) < 4.78 is 5.06. The van der Waals surface area contributed by atoms with Crippen molar-refractivity contribution in [2.24, 2.45) is 0 Å². The van der Waals surface area contributed by atoms with Crippen LogP contribution in [0.4, 0.5) is 9.59 Å². The van der Waals surface area contributed by atoms with E-state index in [0.29, 0.717) is 24.0 Å². The minimum Gasteiger partial charge on any atom is -0.465 e. The number of fused-ring (bicyclic) bond motifs is 1. The van der Waals surface area contributed by atoms with Crippen molar-refractivity contribution in [3.05, 3.63) is 35.4 Å². The van der Waals surface area contributed by atoms with E-state index >= 15 is 0 Å². The Labute approximate surface area is 180 Å². The zero-order valence-electron chi connectivity index (χ0n) is 18.0. The first-order chi connectivity index (χ1) is 14.5. The monoisotopic (exact) mass is 435 g/mol. The lowest BCUT2D eigenvalue weighted by atomic mass is 10.1. The molecule has 0 unspecified atom stereocenters. The molecule has 0 aromatic heterocycles. The molecule has 0 fully saturated rings. The Morgan fingerprint density at radius 1 is 1.13 bits per heavy atom. The average Bonchev–Trinajstić information content (AvgIpc) is 2.92. The number of unbranched alkanes of at least 4 members (excludes halogenated alkanes) is 1. The molecule has 1 heterocycles. The number of amides is 4. The molecule has 1 atom stereocenters. The number of benzene rings is 1. The van der Waals surface area contributed by atoms with Gasteiger partial charge >= 0.3 is 12.2 Å². The highest BCUT2D eigenvalue weighted by molar-refractivity contribution is 6.21. The third kappa shape index (κ3) is 6.95. The van der Waals surface area contributed by atoms with Gasteiger partial charge in [0.25, 0.3) is 11.8 Å². The molecule has 1 aliphatic heterocycles. The van der Waals surface area contributed by atoms with E-state index in [4.69, 9.17) is 4.74 Å². The first kappa shape index (κ1) is 24.1. The average molecular weight is 435 g/mol. The zero-order valence-corrected chi connectivity index (χ0v) is 18.0. The number of aliphatic hydroxyl groups is 1. The topological polar surface area (TPSA) is 136 Å². The molecular weight excluding hydrogens is 406 g/mol. The van der Waals surface area contributed by atoms with Gasteiger partial charge in [-0.1, -0.05) is 12.1 Å². The minimum atomic E-state index is -1.21. The molecule has 31 heavy (non-hydrogen) atoms. The summed E-state index contributed by atoms with van der Waals surface area (Å²) >= 11 is 0. The summed E-state index contributed by atoms with van der Waals surface area (Å²) in [5.41, 5.74) is 0.0715. The fraction of sp³-hybridized carbons (Fsp3) is 0.524. The van der Waals surface area contributed by atoms with E-state index in [9.17, 15) is 29.4 Å². The lowest BCUT2D eigenvalue weighted by Crippen LogP contribution is -2.43. The highest BCUT2D eigenvalue weighted by Crippen LogP contribution is 2.22. The standard InChI is InChI=1S/C21H29N3O7/c1-21(2,3)31-19(28)22-12-14(25)13-23(20(29)30)10-6-7-11-24-17(26)15-8-4-5-9-16(15)18(24)27/h4-5,8-9,14,25H,6-7,10-13H2,1-3H3,(H,22,28)(H,29,30)/t14-/m1/s1. The van der Waals surface area contributed by atoms with Crippen LogP contribution in [0, 0.1) is 0 Å². The largest absolute Gasteiger partial charge is 0.465 e. The predicted molar refractivity (Wildman–Crippen MR) is 111 cm³/mol. The second-order valence-electron chi connectivity index (χ2n) is 8.28. The maximum Gasteiger partial charge on any atom is 0.407 e. The van der Waals surface area contributed by atoms with Crippen molar-refractivity contribution in [2.45, 2.75) is 45.3 Å². The van der Waals surface area contributed by atoms with Crippen molar-refractivity contribution >= 4 is 24.0 Å². The van der Waals surface area contributed by atoms with Gasteiger partial charge in [0, 0.05) is 19.6 Å². The summed E-state index contributed by atoms with van der Waals surface area (Å²) in [5, 5.41) is 21.8. The van der Waals surface area contributed by atoms with Crippen LogP contribution in [0.2, 0.25) is 0 Å². The highest BCUT2D eigenvalue weighted by Gasteiger charge is 2.34. The molecule has 0 saturated heterocycles. The molecule has 1 aliphatic rings. The van der Waals surface area contributed by atoms with E-state index in [2.05, 4.69) is 5.32 Å². The van der Waals surface area contributed by atoms with Gasteiger partial charge in [0.15, 0.2) is 0 Å². The van der Waals surface area contributed by atoms with Crippen LogP contribution >= 0.6 is 0 Å². The van der Waals surface area contributed by atoms with Gasteiger partial charge in [-0.15, -0.1) is 0 Å². The number of carboxylic acid groups (broad SMARTS) is 1. The number of carbonyl (C=O) groups is 4. The molecule has 10 nitrogen and oxygen atoms in total. The molecular formula is C21H29N3O7. The van der Waals surface area contributed by atoms with Crippen molar-refractivity contribution < 1.29 is 34.1 Å². The molecule has 0 aliphatic carbocycles. The molecule has 10 heteroatoms. The Kier molecular flexibility index (Phi) is 7.98. The van der Waals surface area contributed by atoms with Crippen molar-refractivity contribution in [3.8, 4) is 0 Å². The number of hydrogen-bond donors (Lipinski definition) is 3. The van der Waals surface area contributed by atoms with Gasteiger partial charge < -0.3 is 25.2 Å². The van der Waals surface area contributed by atoms with Crippen molar-refractivity contribution in [1.29, 1.82) is 0 Å². The smallest absolute Gasteiger partial charge is 0.407 e. The fourth-order valence-electron chi connectivity index (χ4n) is 3.11. The van der Waals surface area contributed by atoms with Crippen LogP contribution in [0.25, 0.3) is 0 Å². The zero-order chi connectivity index (χ0) is 23.2. The van der Waals surface area contributed by atoms with E-state index in [1.54, 1.807) is 45.0 Å². The van der Waals surface area contributed by atoms with Gasteiger partial charge in [-0.05, 0) is 45.7 Å². The van der Waals surface area contributed by atoms with Crippen LogP contribution < -0.4 is 5.32 Å². The van der Waals surface area contributed by atoms with Gasteiger partial charge in [-0.2, -0.15) is 0 Å². The Morgan fingerprint density at radius 2 is 1.71 bits per heavy atom. The summed E-state index contributed by atoms with van der Waals surface area (Å²) in [6.45, 7) is 5.06. The highest BCUT2D eigenvalue weighted by atomic mass is 16.6. The van der Waals surface area contributed by atoms with Crippen molar-refractivity contribution in [2.75, 3.05) is 26.2 Å². The molecule has 0 saturated carbocycles. The number of nitrogens with one attached hydrogen (secondary N) is 1. The van der Waals surface area contributed by atoms with Crippen LogP contribution in [0.15, 0.2) is 24.3 Å². The molecule has 170 valence electrons. The Bertz CT molecular complexity index is 800. The summed E-state index contributed by atoms with van der Waals surface area (Å²) in [4.78, 5) is 49.9. The van der Waals surface area contributed by atoms with E-state index in [1.807, 2.05) is 0 Å². The first-order valence-electron chi connectivity index (χ1n) is 10.1. The van der Waals surface area contributed by atoms with E-state index < -0.39 is 23.9 Å². The summed E-state index contributed by atoms with van der Waals surface area (Å²) in [5.74, 6) is -0.696. The van der Waals surface area contributed by atoms with Crippen LogP contribution in [0.5, 0.6) is 0 Å². The van der Waals surface area contributed by atoms with E-state index in [1.165, 1.54) is 0 Å². The molecule has 0 bridgehead atoms. The molecule has 4 amide bonds. The van der Waals surface area contributed by atoms with Crippen molar-refractivity contribution in [3.63, 3.8) is 0 Å². The SMILES string of the molecule is CC(C)(C)OC(=O)NC[C@@H](O)CN(CCCCN1C(=O)c2ccccc2C1=O)C(=O)O. The quantitative estimate of drug-likeness (QED) is 0.398. The Balaban J connectivity index is 1.75. The van der Waals surface area contributed by atoms with Gasteiger partial charge in [-0.25, -0.2) is 9.59 Å². The van der Waals surface area contributed by atoms with Gasteiger partial charge in [0.05, 0.1) is 23.8 Å². The number of alkyl carbamates (subject to hydrolysis) is 1. The second-order valence-corrected chi connectivity index (χ2v) is 8.28. The molecule has 3 N–H and O–H groups in total.